The van der Waals surface area contributed by atoms with Gasteiger partial charge in [0.05, 0.1) is 5.39 Å². The monoisotopic (exact) mass is 297 g/mol. The molecule has 0 radical (unpaired) electrons. The summed E-state index contributed by atoms with van der Waals surface area (Å²) in [6, 6.07) is 2.36. The highest BCUT2D eigenvalue weighted by Gasteiger charge is 2.27. The van der Waals surface area contributed by atoms with Crippen LogP contribution in [0.2, 0.25) is 5.28 Å². The van der Waals surface area contributed by atoms with Crippen molar-refractivity contribution in [3.05, 3.63) is 16.2 Å². The van der Waals surface area contributed by atoms with Crippen molar-refractivity contribution in [2.24, 2.45) is 5.92 Å². The summed E-state index contributed by atoms with van der Waals surface area (Å²) in [6.45, 7) is 2.28. The summed E-state index contributed by atoms with van der Waals surface area (Å²) in [6.07, 6.45) is 3.28. The third kappa shape index (κ3) is 2.55. The van der Waals surface area contributed by atoms with Gasteiger partial charge in [0.25, 0.3) is 0 Å². The first-order valence-electron chi connectivity index (χ1n) is 6.48. The topological polar surface area (TPSA) is 58.0 Å². The number of halogens is 1. The maximum Gasteiger partial charge on any atom is 0.225 e. The summed E-state index contributed by atoms with van der Waals surface area (Å²) >= 11 is 7.60. The molecule has 0 aromatic carbocycles. The van der Waals surface area contributed by atoms with Crippen molar-refractivity contribution in [3.8, 4) is 0 Å². The van der Waals surface area contributed by atoms with E-state index in [4.69, 9.17) is 11.6 Å². The highest BCUT2D eigenvalue weighted by atomic mass is 35.5. The molecular formula is C13H16ClN3OS. The molecule has 1 fully saturated rings. The lowest BCUT2D eigenvalue weighted by atomic mass is 10.1. The van der Waals surface area contributed by atoms with Crippen LogP contribution in [-0.4, -0.2) is 27.7 Å². The maximum absolute atomic E-state index is 9.39. The third-order valence-electron chi connectivity index (χ3n) is 3.70. The van der Waals surface area contributed by atoms with Crippen molar-refractivity contribution >= 4 is 39.0 Å². The third-order valence-corrected chi connectivity index (χ3v) is 4.82. The van der Waals surface area contributed by atoms with Gasteiger partial charge in [0.1, 0.15) is 10.6 Å². The largest absolute Gasteiger partial charge is 0.396 e. The Bertz CT molecular complexity index is 601. The summed E-state index contributed by atoms with van der Waals surface area (Å²) in [4.78, 5) is 10.7. The lowest BCUT2D eigenvalue weighted by Crippen LogP contribution is -2.26. The second kappa shape index (κ2) is 5.23. The predicted octanol–water partition coefficient (Wildman–Crippen LogP) is 3.23. The lowest BCUT2D eigenvalue weighted by Gasteiger charge is -2.20. The predicted molar refractivity (Wildman–Crippen MR) is 79.0 cm³/mol. The lowest BCUT2D eigenvalue weighted by molar-refractivity contribution is 0.222. The van der Waals surface area contributed by atoms with Gasteiger partial charge in [-0.3, -0.25) is 0 Å². The molecule has 1 aliphatic rings. The number of thiophene rings is 1. The van der Waals surface area contributed by atoms with Crippen LogP contribution in [0.3, 0.4) is 0 Å². The summed E-state index contributed by atoms with van der Waals surface area (Å²) in [5.41, 5.74) is 0. The zero-order chi connectivity index (χ0) is 13.4. The number of aliphatic hydroxyl groups excluding tert-OH is 1. The number of fused-ring (bicyclic) bond motifs is 1. The molecule has 2 aromatic heterocycles. The van der Waals surface area contributed by atoms with Crippen LogP contribution in [0.1, 0.15) is 24.1 Å². The van der Waals surface area contributed by atoms with Gasteiger partial charge in [0, 0.05) is 23.4 Å². The Labute approximate surface area is 120 Å². The van der Waals surface area contributed by atoms with Crippen LogP contribution in [-0.2, 0) is 0 Å². The van der Waals surface area contributed by atoms with Crippen molar-refractivity contribution in [1.82, 2.24) is 9.97 Å². The van der Waals surface area contributed by atoms with Gasteiger partial charge in [-0.1, -0.05) is 6.42 Å². The summed E-state index contributed by atoms with van der Waals surface area (Å²) in [7, 11) is 0. The van der Waals surface area contributed by atoms with Gasteiger partial charge in [-0.2, -0.15) is 0 Å². The Morgan fingerprint density at radius 1 is 1.47 bits per heavy atom. The zero-order valence-electron chi connectivity index (χ0n) is 10.7. The Morgan fingerprint density at radius 2 is 2.32 bits per heavy atom. The first-order valence-corrected chi connectivity index (χ1v) is 7.68. The average molecular weight is 298 g/mol. The molecule has 2 N–H and O–H groups in total. The normalized spacial score (nSPS) is 23.1. The van der Waals surface area contributed by atoms with Gasteiger partial charge in [-0.15, -0.1) is 11.3 Å². The van der Waals surface area contributed by atoms with E-state index in [1.807, 2.05) is 0 Å². The number of rotatable bonds is 3. The van der Waals surface area contributed by atoms with E-state index in [-0.39, 0.29) is 17.9 Å². The molecule has 0 aliphatic heterocycles. The highest BCUT2D eigenvalue weighted by Crippen LogP contribution is 2.33. The van der Waals surface area contributed by atoms with Crippen LogP contribution in [0.4, 0.5) is 5.82 Å². The molecule has 0 amide bonds. The van der Waals surface area contributed by atoms with Crippen LogP contribution in [0.25, 0.3) is 10.2 Å². The van der Waals surface area contributed by atoms with Crippen molar-refractivity contribution in [2.45, 2.75) is 32.2 Å². The quantitative estimate of drug-likeness (QED) is 0.854. The first-order chi connectivity index (χ1) is 9.17. The number of nitrogens with zero attached hydrogens (tertiary/aromatic N) is 2. The number of aliphatic hydroxyl groups is 1. The molecule has 6 heteroatoms. The van der Waals surface area contributed by atoms with Gasteiger partial charge in [0.2, 0.25) is 5.28 Å². The average Bonchev–Trinajstić information content (AvgIpc) is 2.94. The van der Waals surface area contributed by atoms with E-state index < -0.39 is 0 Å². The van der Waals surface area contributed by atoms with Gasteiger partial charge >= 0.3 is 0 Å². The van der Waals surface area contributed by atoms with Crippen molar-refractivity contribution in [3.63, 3.8) is 0 Å². The number of anilines is 1. The van der Waals surface area contributed by atoms with E-state index in [9.17, 15) is 5.11 Å². The SMILES string of the molecule is Cc1cc2c(NC3CCCC3CO)nc(Cl)nc2s1. The fourth-order valence-electron chi connectivity index (χ4n) is 2.75. The van der Waals surface area contributed by atoms with E-state index in [0.29, 0.717) is 5.92 Å². The Balaban J connectivity index is 1.95. The smallest absolute Gasteiger partial charge is 0.225 e. The molecule has 102 valence electrons. The zero-order valence-corrected chi connectivity index (χ0v) is 12.3. The highest BCUT2D eigenvalue weighted by molar-refractivity contribution is 7.18. The summed E-state index contributed by atoms with van der Waals surface area (Å²) in [5, 5.41) is 14.1. The fourth-order valence-corrected chi connectivity index (χ4v) is 3.85. The van der Waals surface area contributed by atoms with Crippen LogP contribution in [0.15, 0.2) is 6.07 Å². The summed E-state index contributed by atoms with van der Waals surface area (Å²) < 4.78 is 0. The molecule has 4 nitrogen and oxygen atoms in total. The maximum atomic E-state index is 9.39. The molecule has 19 heavy (non-hydrogen) atoms. The van der Waals surface area contributed by atoms with Crippen LogP contribution in [0, 0.1) is 12.8 Å². The Kier molecular flexibility index (Phi) is 3.60. The van der Waals surface area contributed by atoms with Gasteiger partial charge in [-0.05, 0) is 37.4 Å². The second-order valence-corrected chi connectivity index (χ2v) is 6.61. The van der Waals surface area contributed by atoms with E-state index in [2.05, 4.69) is 28.3 Å². The minimum absolute atomic E-state index is 0.224. The minimum atomic E-state index is 0.224. The standard InChI is InChI=1S/C13H16ClN3OS/c1-7-5-9-11(16-13(14)17-12(9)19-7)15-10-4-2-3-8(10)6-18/h5,8,10,18H,2-4,6H2,1H3,(H,15,16,17). The van der Waals surface area contributed by atoms with Crippen molar-refractivity contribution in [1.29, 1.82) is 0 Å². The Hall–Kier alpha value is -0.910. The molecule has 2 atom stereocenters. The molecule has 0 spiro atoms. The number of hydrogen-bond donors (Lipinski definition) is 2. The second-order valence-electron chi connectivity index (χ2n) is 5.04. The minimum Gasteiger partial charge on any atom is -0.396 e. The molecule has 0 saturated heterocycles. The number of aromatic nitrogens is 2. The van der Waals surface area contributed by atoms with Crippen LogP contribution < -0.4 is 5.32 Å². The number of nitrogens with one attached hydrogen (secondary N) is 1. The van der Waals surface area contributed by atoms with E-state index >= 15 is 0 Å². The van der Waals surface area contributed by atoms with Crippen LogP contribution in [0.5, 0.6) is 0 Å². The molecule has 3 rings (SSSR count). The van der Waals surface area contributed by atoms with Gasteiger partial charge in [0.15, 0.2) is 0 Å². The van der Waals surface area contributed by atoms with Gasteiger partial charge < -0.3 is 10.4 Å². The molecule has 2 unspecified atom stereocenters. The van der Waals surface area contributed by atoms with Crippen LogP contribution >= 0.6 is 22.9 Å². The number of hydrogen-bond acceptors (Lipinski definition) is 5. The Morgan fingerprint density at radius 3 is 3.11 bits per heavy atom. The molecule has 0 bridgehead atoms. The summed E-state index contributed by atoms with van der Waals surface area (Å²) in [5.74, 6) is 1.10. The molecule has 1 saturated carbocycles. The number of aryl methyl sites for hydroxylation is 1. The van der Waals surface area contributed by atoms with Gasteiger partial charge in [-0.25, -0.2) is 9.97 Å². The molecule has 1 aliphatic carbocycles. The van der Waals surface area contributed by atoms with Crippen molar-refractivity contribution < 1.29 is 5.11 Å². The first kappa shape index (κ1) is 13.1. The molecule has 2 heterocycles. The molecular weight excluding hydrogens is 282 g/mol. The fraction of sp³-hybridized carbons (Fsp3) is 0.538. The van der Waals surface area contributed by atoms with E-state index in [1.165, 1.54) is 4.88 Å². The van der Waals surface area contributed by atoms with E-state index in [1.54, 1.807) is 11.3 Å². The molecule has 2 aromatic rings. The van der Waals surface area contributed by atoms with E-state index in [0.717, 1.165) is 35.3 Å². The van der Waals surface area contributed by atoms with Crippen molar-refractivity contribution in [2.75, 3.05) is 11.9 Å².